The highest BCUT2D eigenvalue weighted by atomic mass is 127. The van der Waals surface area contributed by atoms with Crippen molar-refractivity contribution in [3.63, 3.8) is 0 Å². The van der Waals surface area contributed by atoms with Crippen molar-refractivity contribution in [3.8, 4) is 6.07 Å². The lowest BCUT2D eigenvalue weighted by molar-refractivity contribution is 0.0520. The number of hydrogen-bond donors (Lipinski definition) is 1. The van der Waals surface area contributed by atoms with Gasteiger partial charge in [-0.05, 0) is 84.8 Å². The van der Waals surface area contributed by atoms with E-state index in [1.807, 2.05) is 34.7 Å². The van der Waals surface area contributed by atoms with Crippen LogP contribution in [0.5, 0.6) is 0 Å². The highest BCUT2D eigenvalue weighted by Crippen LogP contribution is 2.49. The van der Waals surface area contributed by atoms with Crippen molar-refractivity contribution in [3.05, 3.63) is 62.6 Å². The Morgan fingerprint density at radius 1 is 1.30 bits per heavy atom. The second-order valence-electron chi connectivity index (χ2n) is 7.02. The topological polar surface area (TPSA) is 81.3 Å². The van der Waals surface area contributed by atoms with Gasteiger partial charge in [0.2, 0.25) is 0 Å². The highest BCUT2D eigenvalue weighted by Gasteiger charge is 2.40. The van der Waals surface area contributed by atoms with Crippen LogP contribution in [0.2, 0.25) is 0 Å². The summed E-state index contributed by atoms with van der Waals surface area (Å²) < 4.78 is 42.7. The first-order valence-electron chi connectivity index (χ1n) is 10.0. The number of rotatable bonds is 7. The number of thiol groups is 1. The molecule has 10 heteroatoms. The maximum atomic E-state index is 15.5. The molecule has 6 nitrogen and oxygen atoms in total. The van der Waals surface area contributed by atoms with Crippen LogP contribution in [-0.4, -0.2) is 23.2 Å². The second kappa shape index (κ2) is 10.4. The van der Waals surface area contributed by atoms with Gasteiger partial charge in [0.1, 0.15) is 5.82 Å². The van der Waals surface area contributed by atoms with Crippen molar-refractivity contribution in [2.75, 3.05) is 13.2 Å². The Balaban J connectivity index is 2.49. The molecule has 1 aromatic heterocycles. The lowest BCUT2D eigenvalue weighted by Crippen LogP contribution is -2.26. The van der Waals surface area contributed by atoms with Crippen LogP contribution in [0.4, 0.5) is 4.39 Å². The van der Waals surface area contributed by atoms with Crippen molar-refractivity contribution in [1.82, 2.24) is 3.97 Å². The number of carbonyl (C=O) groups excluding carboxylic acids is 1. The minimum atomic E-state index is -4.03. The van der Waals surface area contributed by atoms with Crippen LogP contribution in [0.3, 0.4) is 0 Å². The van der Waals surface area contributed by atoms with Crippen LogP contribution in [0.1, 0.15) is 35.5 Å². The van der Waals surface area contributed by atoms with E-state index in [0.29, 0.717) is 9.13 Å². The van der Waals surface area contributed by atoms with E-state index in [2.05, 4.69) is 12.8 Å². The SMILES string of the molecule is CCOC(=O)c1c(P(=O)(OCC)c2cc(C)cc(/C=C/C#N)c2)c2c(F)c(I)ccc2n1S. The molecular weight excluding hydrogens is 577 g/mol. The molecule has 0 spiro atoms. The number of hydrogen-bond acceptors (Lipinski definition) is 6. The van der Waals surface area contributed by atoms with Gasteiger partial charge in [-0.25, -0.2) is 9.18 Å². The number of esters is 1. The van der Waals surface area contributed by atoms with Crippen LogP contribution in [-0.2, 0) is 13.8 Å². The maximum Gasteiger partial charge on any atom is 0.356 e. The predicted octanol–water partition coefficient (Wildman–Crippen LogP) is 5.37. The maximum absolute atomic E-state index is 15.5. The van der Waals surface area contributed by atoms with Crippen LogP contribution < -0.4 is 10.6 Å². The molecule has 0 radical (unpaired) electrons. The van der Waals surface area contributed by atoms with Crippen molar-refractivity contribution in [2.24, 2.45) is 0 Å². The standard InChI is InChI=1S/C23H21FIN2O4PS/c1-4-30-23(28)21-22(19-18(27(21)33)9-8-17(25)20(19)24)32(29,31-5-2)16-12-14(3)11-15(13-16)7-6-10-26/h6-9,11-13,33H,4-5H2,1-3H3/b7-6+. The Labute approximate surface area is 210 Å². The molecular formula is C23H21FIN2O4PS. The Bertz CT molecular complexity index is 1360. The second-order valence-corrected chi connectivity index (χ2v) is 10.9. The van der Waals surface area contributed by atoms with E-state index < -0.39 is 19.2 Å². The third kappa shape index (κ3) is 4.76. The molecule has 0 fully saturated rings. The molecule has 0 aliphatic rings. The van der Waals surface area contributed by atoms with Gasteiger partial charge in [0.05, 0.1) is 35.5 Å². The Kier molecular flexibility index (Phi) is 8.06. The van der Waals surface area contributed by atoms with Crippen LogP contribution in [0.15, 0.2) is 36.4 Å². The van der Waals surface area contributed by atoms with Crippen LogP contribution >= 0.6 is 42.8 Å². The average molecular weight is 598 g/mol. The minimum Gasteiger partial charge on any atom is -0.461 e. The van der Waals surface area contributed by atoms with Gasteiger partial charge in [-0.1, -0.05) is 18.9 Å². The third-order valence-corrected chi connectivity index (χ3v) is 8.66. The third-order valence-electron chi connectivity index (χ3n) is 4.82. The van der Waals surface area contributed by atoms with Gasteiger partial charge in [-0.3, -0.25) is 8.54 Å². The molecule has 1 heterocycles. The number of carbonyl (C=O) groups is 1. The van der Waals surface area contributed by atoms with E-state index in [1.165, 1.54) is 10.0 Å². The fraction of sp³-hybridized carbons (Fsp3) is 0.217. The quantitative estimate of drug-likeness (QED) is 0.130. The van der Waals surface area contributed by atoms with Gasteiger partial charge in [-0.2, -0.15) is 5.26 Å². The number of aryl methyl sites for hydroxylation is 1. The van der Waals surface area contributed by atoms with Gasteiger partial charge < -0.3 is 9.26 Å². The molecule has 172 valence electrons. The zero-order chi connectivity index (χ0) is 24.3. The number of benzene rings is 2. The van der Waals surface area contributed by atoms with Gasteiger partial charge in [0, 0.05) is 15.0 Å². The Morgan fingerprint density at radius 2 is 2.03 bits per heavy atom. The van der Waals surface area contributed by atoms with Crippen LogP contribution in [0, 0.1) is 27.6 Å². The molecule has 0 aliphatic carbocycles. The summed E-state index contributed by atoms with van der Waals surface area (Å²) in [6, 6.07) is 10.2. The lowest BCUT2D eigenvalue weighted by atomic mass is 10.1. The molecule has 0 saturated heterocycles. The van der Waals surface area contributed by atoms with Crippen molar-refractivity contribution < 1.29 is 23.0 Å². The molecule has 2 aromatic carbocycles. The van der Waals surface area contributed by atoms with E-state index in [-0.39, 0.29) is 40.4 Å². The lowest BCUT2D eigenvalue weighted by Gasteiger charge is -2.21. The first-order valence-corrected chi connectivity index (χ1v) is 13.1. The molecule has 0 saturated carbocycles. The summed E-state index contributed by atoms with van der Waals surface area (Å²) in [7, 11) is -4.03. The summed E-state index contributed by atoms with van der Waals surface area (Å²) in [6.07, 6.45) is 2.88. The van der Waals surface area contributed by atoms with Crippen molar-refractivity contribution >= 4 is 76.3 Å². The van der Waals surface area contributed by atoms with Crippen LogP contribution in [0.25, 0.3) is 17.0 Å². The smallest absolute Gasteiger partial charge is 0.356 e. The predicted molar refractivity (Wildman–Crippen MR) is 139 cm³/mol. The fourth-order valence-electron chi connectivity index (χ4n) is 3.59. The van der Waals surface area contributed by atoms with E-state index >= 15 is 4.39 Å². The Hall–Kier alpha value is -2.12. The summed E-state index contributed by atoms with van der Waals surface area (Å²) >= 11 is 6.26. The fourth-order valence-corrected chi connectivity index (χ4v) is 7.04. The zero-order valence-corrected chi connectivity index (χ0v) is 22.1. The number of aromatic nitrogens is 1. The van der Waals surface area contributed by atoms with Gasteiger partial charge in [0.15, 0.2) is 5.69 Å². The van der Waals surface area contributed by atoms with Crippen molar-refractivity contribution in [2.45, 2.75) is 20.8 Å². The normalized spacial score (nSPS) is 13.2. The Morgan fingerprint density at radius 3 is 2.67 bits per heavy atom. The molecule has 1 atom stereocenters. The summed E-state index contributed by atoms with van der Waals surface area (Å²) in [4.78, 5) is 13.0. The van der Waals surface area contributed by atoms with Gasteiger partial charge in [0.25, 0.3) is 7.37 Å². The van der Waals surface area contributed by atoms with E-state index in [4.69, 9.17) is 14.5 Å². The summed E-state index contributed by atoms with van der Waals surface area (Å²) in [5.74, 6) is -1.41. The molecule has 0 N–H and O–H groups in total. The minimum absolute atomic E-state index is 0.00707. The molecule has 33 heavy (non-hydrogen) atoms. The zero-order valence-electron chi connectivity index (χ0n) is 18.1. The molecule has 1 unspecified atom stereocenters. The molecule has 0 aliphatic heterocycles. The first kappa shape index (κ1) is 25.5. The van der Waals surface area contributed by atoms with E-state index in [9.17, 15) is 9.36 Å². The number of ether oxygens (including phenoxy) is 1. The largest absolute Gasteiger partial charge is 0.461 e. The van der Waals surface area contributed by atoms with E-state index in [0.717, 1.165) is 5.56 Å². The molecule has 0 amide bonds. The number of nitrogens with zero attached hydrogens (tertiary/aromatic N) is 2. The number of halogens is 2. The molecule has 3 aromatic rings. The summed E-state index contributed by atoms with van der Waals surface area (Å²) in [5, 5.41) is 9.06. The first-order chi connectivity index (χ1) is 15.7. The van der Waals surface area contributed by atoms with E-state index in [1.54, 1.807) is 51.1 Å². The monoisotopic (exact) mass is 598 g/mol. The number of nitriles is 1. The number of allylic oxidation sites excluding steroid dienone is 1. The summed E-state index contributed by atoms with van der Waals surface area (Å²) in [6.45, 7) is 5.23. The molecule has 0 bridgehead atoms. The highest BCUT2D eigenvalue weighted by molar-refractivity contribution is 14.1. The summed E-state index contributed by atoms with van der Waals surface area (Å²) in [5.41, 5.74) is 1.50. The van der Waals surface area contributed by atoms with Gasteiger partial charge in [-0.15, -0.1) is 0 Å². The van der Waals surface area contributed by atoms with Gasteiger partial charge >= 0.3 is 5.97 Å². The average Bonchev–Trinajstić information content (AvgIpc) is 3.08. The van der Waals surface area contributed by atoms with Crippen molar-refractivity contribution in [1.29, 1.82) is 5.26 Å². The molecule has 3 rings (SSSR count). The number of fused-ring (bicyclic) bond motifs is 1.